The first-order valence-electron chi connectivity index (χ1n) is 5.33. The molecule has 14 heavy (non-hydrogen) atoms. The summed E-state index contributed by atoms with van der Waals surface area (Å²) in [6.45, 7) is 6.40. The second-order valence-corrected chi connectivity index (χ2v) is 3.82. The van der Waals surface area contributed by atoms with E-state index in [-0.39, 0.29) is 11.9 Å². The van der Waals surface area contributed by atoms with Gasteiger partial charge in [-0.1, -0.05) is 6.92 Å². The normalized spacial score (nSPS) is 18.7. The Morgan fingerprint density at radius 2 is 2.29 bits per heavy atom. The average Bonchev–Trinajstić information content (AvgIpc) is 2.09. The summed E-state index contributed by atoms with van der Waals surface area (Å²) in [5, 5.41) is 6.18. The van der Waals surface area contributed by atoms with Gasteiger partial charge in [-0.05, 0) is 13.3 Å². The lowest BCUT2D eigenvalue weighted by molar-refractivity contribution is -0.121. The van der Waals surface area contributed by atoms with E-state index in [2.05, 4.69) is 17.6 Å². The molecule has 2 N–H and O–H groups in total. The van der Waals surface area contributed by atoms with Gasteiger partial charge in [0.2, 0.25) is 5.91 Å². The van der Waals surface area contributed by atoms with Crippen LogP contribution in [0.15, 0.2) is 0 Å². The van der Waals surface area contributed by atoms with Gasteiger partial charge in [0.25, 0.3) is 0 Å². The maximum absolute atomic E-state index is 11.3. The minimum absolute atomic E-state index is 0.132. The predicted molar refractivity (Wildman–Crippen MR) is 55.1 cm³/mol. The summed E-state index contributed by atoms with van der Waals surface area (Å²) in [5.41, 5.74) is 0. The van der Waals surface area contributed by atoms with E-state index in [1.54, 1.807) is 0 Å². The molecule has 1 aliphatic rings. The van der Waals surface area contributed by atoms with Gasteiger partial charge in [0.15, 0.2) is 0 Å². The second-order valence-electron chi connectivity index (χ2n) is 3.82. The Bertz CT molecular complexity index is 181. The van der Waals surface area contributed by atoms with Crippen LogP contribution in [0.25, 0.3) is 0 Å². The SMILES string of the molecule is CCC(C)NC(=O)CCNC1COC1. The molecule has 1 fully saturated rings. The summed E-state index contributed by atoms with van der Waals surface area (Å²) in [7, 11) is 0. The molecule has 4 heteroatoms. The van der Waals surface area contributed by atoms with Gasteiger partial charge in [-0.25, -0.2) is 0 Å². The fraction of sp³-hybridized carbons (Fsp3) is 0.900. The van der Waals surface area contributed by atoms with E-state index in [4.69, 9.17) is 4.74 Å². The monoisotopic (exact) mass is 200 g/mol. The number of ether oxygens (including phenoxy) is 1. The summed E-state index contributed by atoms with van der Waals surface area (Å²) in [4.78, 5) is 11.3. The minimum Gasteiger partial charge on any atom is -0.378 e. The lowest BCUT2D eigenvalue weighted by atomic mass is 10.2. The lowest BCUT2D eigenvalue weighted by Gasteiger charge is -2.26. The number of hydrogen-bond donors (Lipinski definition) is 2. The van der Waals surface area contributed by atoms with Crippen LogP contribution in [0.1, 0.15) is 26.7 Å². The number of rotatable bonds is 6. The Labute approximate surface area is 85.4 Å². The summed E-state index contributed by atoms with van der Waals surface area (Å²) in [5.74, 6) is 0.132. The van der Waals surface area contributed by atoms with Crippen molar-refractivity contribution in [2.75, 3.05) is 19.8 Å². The quantitative estimate of drug-likeness (QED) is 0.647. The molecule has 82 valence electrons. The maximum Gasteiger partial charge on any atom is 0.221 e. The third-order valence-electron chi connectivity index (χ3n) is 2.44. The van der Waals surface area contributed by atoms with Crippen molar-refractivity contribution in [3.8, 4) is 0 Å². The number of carbonyl (C=O) groups excluding carboxylic acids is 1. The third-order valence-corrected chi connectivity index (χ3v) is 2.44. The molecule has 0 aliphatic carbocycles. The van der Waals surface area contributed by atoms with Gasteiger partial charge in [-0.15, -0.1) is 0 Å². The summed E-state index contributed by atoms with van der Waals surface area (Å²) in [6.07, 6.45) is 1.54. The average molecular weight is 200 g/mol. The van der Waals surface area contributed by atoms with E-state index in [0.717, 1.165) is 26.2 Å². The molecule has 1 atom stereocenters. The van der Waals surface area contributed by atoms with Gasteiger partial charge in [-0.3, -0.25) is 4.79 Å². The number of hydrogen-bond acceptors (Lipinski definition) is 3. The molecule has 0 aromatic heterocycles. The van der Waals surface area contributed by atoms with Gasteiger partial charge in [-0.2, -0.15) is 0 Å². The van der Waals surface area contributed by atoms with Crippen molar-refractivity contribution in [2.24, 2.45) is 0 Å². The minimum atomic E-state index is 0.132. The molecule has 1 saturated heterocycles. The zero-order valence-corrected chi connectivity index (χ0v) is 9.01. The first-order valence-corrected chi connectivity index (χ1v) is 5.33. The molecule has 0 saturated carbocycles. The van der Waals surface area contributed by atoms with Crippen molar-refractivity contribution in [3.05, 3.63) is 0 Å². The van der Waals surface area contributed by atoms with Crippen LogP contribution in [0.2, 0.25) is 0 Å². The van der Waals surface area contributed by atoms with Crippen molar-refractivity contribution in [1.29, 1.82) is 0 Å². The first-order chi connectivity index (χ1) is 6.72. The van der Waals surface area contributed by atoms with E-state index < -0.39 is 0 Å². The van der Waals surface area contributed by atoms with Crippen LogP contribution in [0.4, 0.5) is 0 Å². The molecule has 1 unspecified atom stereocenters. The van der Waals surface area contributed by atoms with E-state index in [1.165, 1.54) is 0 Å². The number of nitrogens with one attached hydrogen (secondary N) is 2. The van der Waals surface area contributed by atoms with E-state index in [1.807, 2.05) is 6.92 Å². The number of amides is 1. The fourth-order valence-electron chi connectivity index (χ4n) is 1.19. The standard InChI is InChI=1S/C10H20N2O2/c1-3-8(2)12-10(13)4-5-11-9-6-14-7-9/h8-9,11H,3-7H2,1-2H3,(H,12,13). The zero-order valence-electron chi connectivity index (χ0n) is 9.01. The Kier molecular flexibility index (Phi) is 4.90. The molecule has 0 aromatic carbocycles. The van der Waals surface area contributed by atoms with Crippen LogP contribution in [-0.2, 0) is 9.53 Å². The van der Waals surface area contributed by atoms with Crippen LogP contribution in [-0.4, -0.2) is 37.7 Å². The molecule has 4 nitrogen and oxygen atoms in total. The molecule has 1 amide bonds. The number of carbonyl (C=O) groups is 1. The molecule has 0 radical (unpaired) electrons. The summed E-state index contributed by atoms with van der Waals surface area (Å²) >= 11 is 0. The Hall–Kier alpha value is -0.610. The highest BCUT2D eigenvalue weighted by Gasteiger charge is 2.17. The van der Waals surface area contributed by atoms with E-state index >= 15 is 0 Å². The highest BCUT2D eigenvalue weighted by molar-refractivity contribution is 5.76. The van der Waals surface area contributed by atoms with Crippen molar-refractivity contribution in [2.45, 2.75) is 38.8 Å². The van der Waals surface area contributed by atoms with Crippen molar-refractivity contribution < 1.29 is 9.53 Å². The van der Waals surface area contributed by atoms with Crippen molar-refractivity contribution >= 4 is 5.91 Å². The molecule has 1 aliphatic heterocycles. The topological polar surface area (TPSA) is 50.4 Å². The van der Waals surface area contributed by atoms with Crippen molar-refractivity contribution in [1.82, 2.24) is 10.6 Å². The largest absolute Gasteiger partial charge is 0.378 e. The molecular weight excluding hydrogens is 180 g/mol. The molecule has 1 heterocycles. The lowest BCUT2D eigenvalue weighted by Crippen LogP contribution is -2.47. The highest BCUT2D eigenvalue weighted by Crippen LogP contribution is 1.99. The smallest absolute Gasteiger partial charge is 0.221 e. The summed E-state index contributed by atoms with van der Waals surface area (Å²) in [6, 6.07) is 0.751. The van der Waals surface area contributed by atoms with Gasteiger partial charge < -0.3 is 15.4 Å². The van der Waals surface area contributed by atoms with Crippen LogP contribution >= 0.6 is 0 Å². The van der Waals surface area contributed by atoms with Crippen LogP contribution in [0.3, 0.4) is 0 Å². The molecule has 0 spiro atoms. The van der Waals surface area contributed by atoms with Crippen LogP contribution < -0.4 is 10.6 Å². The van der Waals surface area contributed by atoms with E-state index in [0.29, 0.717) is 12.5 Å². The third kappa shape index (κ3) is 4.07. The summed E-state index contributed by atoms with van der Waals surface area (Å²) < 4.78 is 5.01. The molecule has 1 rings (SSSR count). The van der Waals surface area contributed by atoms with Crippen LogP contribution in [0, 0.1) is 0 Å². The van der Waals surface area contributed by atoms with Gasteiger partial charge >= 0.3 is 0 Å². The van der Waals surface area contributed by atoms with Gasteiger partial charge in [0.05, 0.1) is 19.3 Å². The fourth-order valence-corrected chi connectivity index (χ4v) is 1.19. The molecule has 0 aromatic rings. The van der Waals surface area contributed by atoms with Crippen molar-refractivity contribution in [3.63, 3.8) is 0 Å². The molecular formula is C10H20N2O2. The van der Waals surface area contributed by atoms with Gasteiger partial charge in [0, 0.05) is 19.0 Å². The Morgan fingerprint density at radius 3 is 2.79 bits per heavy atom. The Morgan fingerprint density at radius 1 is 1.57 bits per heavy atom. The van der Waals surface area contributed by atoms with Crippen LogP contribution in [0.5, 0.6) is 0 Å². The predicted octanol–water partition coefficient (Wildman–Crippen LogP) is 0.280. The highest BCUT2D eigenvalue weighted by atomic mass is 16.5. The molecule has 0 bridgehead atoms. The van der Waals surface area contributed by atoms with E-state index in [9.17, 15) is 4.79 Å². The first kappa shape index (κ1) is 11.5. The Balaban J connectivity index is 1.96. The second kappa shape index (κ2) is 5.98. The zero-order chi connectivity index (χ0) is 10.4. The maximum atomic E-state index is 11.3. The van der Waals surface area contributed by atoms with Gasteiger partial charge in [0.1, 0.15) is 0 Å².